The van der Waals surface area contributed by atoms with E-state index in [0.29, 0.717) is 10.8 Å². The van der Waals surface area contributed by atoms with Gasteiger partial charge in [-0.05, 0) is 48.8 Å². The minimum absolute atomic E-state index is 0.323. The van der Waals surface area contributed by atoms with Crippen LogP contribution in [0.25, 0.3) is 0 Å². The van der Waals surface area contributed by atoms with E-state index in [1.54, 1.807) is 0 Å². The van der Waals surface area contributed by atoms with Gasteiger partial charge in [-0.25, -0.2) is 0 Å². The van der Waals surface area contributed by atoms with Gasteiger partial charge in [-0.2, -0.15) is 0 Å². The normalized spacial score (nSPS) is 29.6. The molecule has 0 bridgehead atoms. The van der Waals surface area contributed by atoms with Crippen molar-refractivity contribution in [1.29, 1.82) is 0 Å². The summed E-state index contributed by atoms with van der Waals surface area (Å²) >= 11 is 15.9. The van der Waals surface area contributed by atoms with Crippen LogP contribution in [0, 0.1) is 5.41 Å². The molecule has 2 rings (SSSR count). The topological polar surface area (TPSA) is 0 Å². The maximum Gasteiger partial charge on any atom is 0.0449 e. The van der Waals surface area contributed by atoms with Gasteiger partial charge in [0.2, 0.25) is 0 Å². The number of alkyl halides is 1. The highest BCUT2D eigenvalue weighted by molar-refractivity contribution is 9.10. The first-order chi connectivity index (χ1) is 7.48. The molecule has 16 heavy (non-hydrogen) atoms. The highest BCUT2D eigenvalue weighted by Gasteiger charge is 2.34. The van der Waals surface area contributed by atoms with Crippen molar-refractivity contribution in [3.63, 3.8) is 0 Å². The Kier molecular flexibility index (Phi) is 3.88. The monoisotopic (exact) mass is 320 g/mol. The number of hydrogen-bond acceptors (Lipinski definition) is 0. The van der Waals surface area contributed by atoms with Gasteiger partial charge in [0.1, 0.15) is 0 Å². The smallest absolute Gasteiger partial charge is 0.0449 e. The van der Waals surface area contributed by atoms with Crippen LogP contribution in [0.2, 0.25) is 5.02 Å². The summed E-state index contributed by atoms with van der Waals surface area (Å²) in [6.45, 7) is 2.31. The van der Waals surface area contributed by atoms with E-state index in [2.05, 4.69) is 35.0 Å². The molecule has 0 spiro atoms. The highest BCUT2D eigenvalue weighted by atomic mass is 79.9. The molecule has 0 heterocycles. The number of rotatable bonds is 2. The lowest BCUT2D eigenvalue weighted by atomic mass is 9.82. The van der Waals surface area contributed by atoms with Gasteiger partial charge in [0.15, 0.2) is 0 Å². The summed E-state index contributed by atoms with van der Waals surface area (Å²) in [5.74, 6) is 0. The number of benzene rings is 1. The average molecular weight is 322 g/mol. The SMILES string of the molecule is CC1(Cc2ccc(Br)cc2Cl)CCC(Cl)C1. The van der Waals surface area contributed by atoms with Crippen LogP contribution in [0.3, 0.4) is 0 Å². The largest absolute Gasteiger partial charge is 0.123 e. The van der Waals surface area contributed by atoms with Gasteiger partial charge in [-0.15, -0.1) is 11.6 Å². The van der Waals surface area contributed by atoms with Crippen molar-refractivity contribution in [2.24, 2.45) is 5.41 Å². The maximum absolute atomic E-state index is 6.24. The molecule has 0 aromatic heterocycles. The number of hydrogen-bond donors (Lipinski definition) is 0. The minimum Gasteiger partial charge on any atom is -0.123 e. The first-order valence-electron chi connectivity index (χ1n) is 5.56. The Balaban J connectivity index is 2.14. The van der Waals surface area contributed by atoms with Crippen LogP contribution < -0.4 is 0 Å². The Hall–Kier alpha value is 0.280. The Morgan fingerprint density at radius 2 is 2.25 bits per heavy atom. The summed E-state index contributed by atoms with van der Waals surface area (Å²) < 4.78 is 1.04. The third-order valence-electron chi connectivity index (χ3n) is 3.41. The first-order valence-corrected chi connectivity index (χ1v) is 7.17. The van der Waals surface area contributed by atoms with Crippen molar-refractivity contribution in [1.82, 2.24) is 0 Å². The Bertz CT molecular complexity index is 392. The second-order valence-corrected chi connectivity index (χ2v) is 7.00. The second kappa shape index (κ2) is 4.88. The standard InChI is InChI=1S/C13H15BrCl2/c1-13(5-4-11(15)8-13)7-9-2-3-10(14)6-12(9)16/h2-3,6,11H,4-5,7-8H2,1H3. The van der Waals surface area contributed by atoms with Crippen LogP contribution in [0.15, 0.2) is 22.7 Å². The van der Waals surface area contributed by atoms with Crippen LogP contribution in [-0.4, -0.2) is 5.38 Å². The van der Waals surface area contributed by atoms with Gasteiger partial charge < -0.3 is 0 Å². The predicted molar refractivity (Wildman–Crippen MR) is 74.5 cm³/mol. The van der Waals surface area contributed by atoms with Gasteiger partial charge in [0.05, 0.1) is 0 Å². The molecule has 1 aliphatic carbocycles. The van der Waals surface area contributed by atoms with Crippen LogP contribution in [0.4, 0.5) is 0 Å². The molecule has 1 fully saturated rings. The molecule has 2 unspecified atom stereocenters. The molecule has 0 radical (unpaired) electrons. The third-order valence-corrected chi connectivity index (χ3v) is 4.63. The van der Waals surface area contributed by atoms with E-state index in [-0.39, 0.29) is 0 Å². The van der Waals surface area contributed by atoms with Crippen molar-refractivity contribution in [3.05, 3.63) is 33.3 Å². The van der Waals surface area contributed by atoms with Crippen molar-refractivity contribution < 1.29 is 0 Å². The molecule has 88 valence electrons. The van der Waals surface area contributed by atoms with Gasteiger partial charge in [0, 0.05) is 14.9 Å². The lowest BCUT2D eigenvalue weighted by molar-refractivity contribution is 0.335. The van der Waals surface area contributed by atoms with Gasteiger partial charge in [0.25, 0.3) is 0 Å². The predicted octanol–water partition coefficient (Wildman–Crippen LogP) is 5.44. The summed E-state index contributed by atoms with van der Waals surface area (Å²) in [6, 6.07) is 6.13. The lowest BCUT2D eigenvalue weighted by Crippen LogP contribution is -2.16. The van der Waals surface area contributed by atoms with Gasteiger partial charge in [-0.3, -0.25) is 0 Å². The summed E-state index contributed by atoms with van der Waals surface area (Å²) in [6.07, 6.45) is 4.46. The van der Waals surface area contributed by atoms with Crippen LogP contribution >= 0.6 is 39.1 Å². The summed E-state index contributed by atoms with van der Waals surface area (Å²) in [5.41, 5.74) is 1.56. The quantitative estimate of drug-likeness (QED) is 0.636. The van der Waals surface area contributed by atoms with E-state index in [4.69, 9.17) is 23.2 Å². The van der Waals surface area contributed by atoms with Crippen molar-refractivity contribution >= 4 is 39.1 Å². The van der Waals surface area contributed by atoms with E-state index >= 15 is 0 Å². The van der Waals surface area contributed by atoms with E-state index < -0.39 is 0 Å². The lowest BCUT2D eigenvalue weighted by Gasteiger charge is -2.24. The van der Waals surface area contributed by atoms with E-state index in [0.717, 1.165) is 28.8 Å². The van der Waals surface area contributed by atoms with Crippen molar-refractivity contribution in [3.8, 4) is 0 Å². The molecule has 0 nitrogen and oxygen atoms in total. The van der Waals surface area contributed by atoms with Crippen molar-refractivity contribution in [2.45, 2.75) is 38.0 Å². The van der Waals surface area contributed by atoms with E-state index in [1.807, 2.05) is 6.07 Å². The summed E-state index contributed by atoms with van der Waals surface area (Å²) in [5, 5.41) is 1.20. The molecular formula is C13H15BrCl2. The zero-order valence-electron chi connectivity index (χ0n) is 9.27. The van der Waals surface area contributed by atoms with Crippen molar-refractivity contribution in [2.75, 3.05) is 0 Å². The average Bonchev–Trinajstić information content (AvgIpc) is 2.52. The molecule has 0 aliphatic heterocycles. The third kappa shape index (κ3) is 2.94. The molecule has 1 aromatic rings. The van der Waals surface area contributed by atoms with E-state index in [1.165, 1.54) is 12.0 Å². The number of halogens is 3. The highest BCUT2D eigenvalue weighted by Crippen LogP contribution is 2.43. The van der Waals surface area contributed by atoms with Crippen LogP contribution in [0.1, 0.15) is 31.7 Å². The molecule has 0 amide bonds. The fourth-order valence-electron chi connectivity index (χ4n) is 2.53. The minimum atomic E-state index is 0.323. The molecule has 2 atom stereocenters. The Labute approximate surface area is 115 Å². The first kappa shape index (κ1) is 12.7. The van der Waals surface area contributed by atoms with E-state index in [9.17, 15) is 0 Å². The molecule has 1 aromatic carbocycles. The fourth-order valence-corrected chi connectivity index (χ4v) is 3.75. The van der Waals surface area contributed by atoms with Crippen LogP contribution in [-0.2, 0) is 6.42 Å². The zero-order chi connectivity index (χ0) is 11.8. The Morgan fingerprint density at radius 3 is 2.81 bits per heavy atom. The Morgan fingerprint density at radius 1 is 1.50 bits per heavy atom. The molecule has 1 saturated carbocycles. The summed E-state index contributed by atoms with van der Waals surface area (Å²) in [4.78, 5) is 0. The zero-order valence-corrected chi connectivity index (χ0v) is 12.4. The molecule has 0 saturated heterocycles. The van der Waals surface area contributed by atoms with Crippen LogP contribution in [0.5, 0.6) is 0 Å². The molecule has 3 heteroatoms. The van der Waals surface area contributed by atoms with Gasteiger partial charge in [-0.1, -0.05) is 40.5 Å². The molecular weight excluding hydrogens is 307 g/mol. The molecule has 1 aliphatic rings. The molecule has 0 N–H and O–H groups in total. The second-order valence-electron chi connectivity index (χ2n) is 5.06. The summed E-state index contributed by atoms with van der Waals surface area (Å²) in [7, 11) is 0. The van der Waals surface area contributed by atoms with Gasteiger partial charge >= 0.3 is 0 Å². The maximum atomic E-state index is 6.24. The fraction of sp³-hybridized carbons (Fsp3) is 0.538.